The highest BCUT2D eigenvalue weighted by atomic mass is 35.5. The lowest BCUT2D eigenvalue weighted by Gasteiger charge is -2.45. The lowest BCUT2D eigenvalue weighted by atomic mass is 9.85. The summed E-state index contributed by atoms with van der Waals surface area (Å²) in [6.07, 6.45) is 2.34. The topological polar surface area (TPSA) is 77.5 Å². The number of hydrogen-bond donors (Lipinski definition) is 0. The van der Waals surface area contributed by atoms with Crippen molar-refractivity contribution >= 4 is 39.9 Å². The van der Waals surface area contributed by atoms with Crippen LogP contribution < -0.4 is 14.2 Å². The van der Waals surface area contributed by atoms with Crippen LogP contribution in [0.4, 0.5) is 0 Å². The molecule has 3 aromatic carbocycles. The first-order chi connectivity index (χ1) is 21.7. The zero-order chi connectivity index (χ0) is 31.8. The van der Waals surface area contributed by atoms with Gasteiger partial charge in [-0.15, -0.1) is 0 Å². The van der Waals surface area contributed by atoms with E-state index in [0.29, 0.717) is 64.7 Å². The van der Waals surface area contributed by atoms with E-state index < -0.39 is 16.4 Å². The average molecular weight is 674 g/mol. The number of rotatable bonds is 8. The van der Waals surface area contributed by atoms with E-state index in [1.165, 1.54) is 32.5 Å². The molecule has 2 fully saturated rings. The minimum atomic E-state index is -0.914. The van der Waals surface area contributed by atoms with Gasteiger partial charge in [-0.2, -0.15) is 0 Å². The molecular formula is C34H38Cl2N2O6S. The molecule has 45 heavy (non-hydrogen) atoms. The van der Waals surface area contributed by atoms with Gasteiger partial charge in [0.25, 0.3) is 5.91 Å². The van der Waals surface area contributed by atoms with E-state index in [1.54, 1.807) is 18.2 Å². The van der Waals surface area contributed by atoms with E-state index in [2.05, 4.69) is 23.1 Å². The monoisotopic (exact) mass is 672 g/mol. The standard InChI is InChI=1S/C34H38Cl2N2O6S/c1-41-29-18-24(19-30(42-2)31(29)43-3)32(39)38-16-17-44-33(22-38,25-8-9-27(35)28(36)20-25)10-13-37-14-11-34(12-15-37)26-7-5-4-6-23(26)21-45(34)40/h4-9,18-20H,10-17,21-22H2,1-3H3/t33-,45+/m0/s1. The lowest BCUT2D eigenvalue weighted by Crippen LogP contribution is -2.53. The average Bonchev–Trinajstić information content (AvgIpc) is 3.34. The third-order valence-corrected chi connectivity index (χ3v) is 12.4. The second-order valence-electron chi connectivity index (χ2n) is 11.8. The van der Waals surface area contributed by atoms with Crippen LogP contribution in [-0.2, 0) is 31.6 Å². The van der Waals surface area contributed by atoms with E-state index in [4.69, 9.17) is 42.1 Å². The Bertz CT molecular complexity index is 1590. The maximum atomic E-state index is 14.0. The number of nitrogens with zero attached hydrogens (tertiary/aromatic N) is 2. The fourth-order valence-corrected chi connectivity index (χ4v) is 9.25. The fraction of sp³-hybridized carbons (Fsp3) is 0.441. The Morgan fingerprint density at radius 1 is 0.933 bits per heavy atom. The number of morpholine rings is 1. The van der Waals surface area contributed by atoms with Crippen molar-refractivity contribution in [3.05, 3.63) is 86.9 Å². The molecule has 3 aromatic rings. The van der Waals surface area contributed by atoms with Crippen LogP contribution in [-0.4, -0.2) is 80.6 Å². The largest absolute Gasteiger partial charge is 0.493 e. The maximum Gasteiger partial charge on any atom is 0.254 e. The zero-order valence-corrected chi connectivity index (χ0v) is 28.1. The number of fused-ring (bicyclic) bond motifs is 2. The molecule has 0 aromatic heterocycles. The minimum Gasteiger partial charge on any atom is -0.493 e. The van der Waals surface area contributed by atoms with Crippen molar-refractivity contribution in [1.29, 1.82) is 0 Å². The number of ether oxygens (including phenoxy) is 4. The molecular weight excluding hydrogens is 635 g/mol. The third-order valence-electron chi connectivity index (χ3n) is 9.56. The molecule has 3 heterocycles. The number of methoxy groups -OCH3 is 3. The molecule has 2 saturated heterocycles. The van der Waals surface area contributed by atoms with Gasteiger partial charge >= 0.3 is 0 Å². The van der Waals surface area contributed by atoms with Gasteiger partial charge in [-0.3, -0.25) is 9.00 Å². The first-order valence-corrected chi connectivity index (χ1v) is 17.2. The Kier molecular flexibility index (Phi) is 9.37. The first kappa shape index (κ1) is 32.1. The molecule has 8 nitrogen and oxygen atoms in total. The van der Waals surface area contributed by atoms with E-state index >= 15 is 0 Å². The maximum absolute atomic E-state index is 14.0. The number of likely N-dealkylation sites (tertiary alicyclic amines) is 1. The number of piperidine rings is 1. The number of carbonyl (C=O) groups excluding carboxylic acids is 1. The predicted molar refractivity (Wildman–Crippen MR) is 176 cm³/mol. The van der Waals surface area contributed by atoms with E-state index in [1.807, 2.05) is 23.1 Å². The van der Waals surface area contributed by atoms with Gasteiger partial charge in [0.2, 0.25) is 5.75 Å². The molecule has 0 radical (unpaired) electrons. The van der Waals surface area contributed by atoms with Crippen LogP contribution in [0.1, 0.15) is 46.3 Å². The number of hydrogen-bond acceptors (Lipinski definition) is 7. The van der Waals surface area contributed by atoms with Crippen molar-refractivity contribution in [2.24, 2.45) is 0 Å². The van der Waals surface area contributed by atoms with E-state index in [-0.39, 0.29) is 10.7 Å². The number of benzene rings is 3. The predicted octanol–water partition coefficient (Wildman–Crippen LogP) is 6.03. The van der Waals surface area contributed by atoms with Crippen molar-refractivity contribution in [2.45, 2.75) is 35.4 Å². The van der Waals surface area contributed by atoms with Gasteiger partial charge in [0.1, 0.15) is 5.60 Å². The Hall–Kier alpha value is -2.82. The molecule has 0 bridgehead atoms. The molecule has 2 atom stereocenters. The lowest BCUT2D eigenvalue weighted by molar-refractivity contribution is -0.113. The molecule has 6 rings (SSSR count). The van der Waals surface area contributed by atoms with E-state index in [0.717, 1.165) is 38.0 Å². The van der Waals surface area contributed by atoms with Crippen molar-refractivity contribution in [1.82, 2.24) is 9.80 Å². The summed E-state index contributed by atoms with van der Waals surface area (Å²) in [5.41, 5.74) is 2.97. The molecule has 3 aliphatic rings. The molecule has 1 spiro atoms. The highest BCUT2D eigenvalue weighted by molar-refractivity contribution is 7.85. The molecule has 11 heteroatoms. The van der Waals surface area contributed by atoms with Crippen molar-refractivity contribution in [3.8, 4) is 17.2 Å². The molecule has 0 N–H and O–H groups in total. The Balaban J connectivity index is 1.23. The number of carbonyl (C=O) groups is 1. The summed E-state index contributed by atoms with van der Waals surface area (Å²) in [4.78, 5) is 18.2. The summed E-state index contributed by atoms with van der Waals surface area (Å²) in [7, 11) is 3.67. The summed E-state index contributed by atoms with van der Waals surface area (Å²) in [5.74, 6) is 1.73. The quantitative estimate of drug-likeness (QED) is 0.289. The highest BCUT2D eigenvalue weighted by Crippen LogP contribution is 2.47. The minimum absolute atomic E-state index is 0.163. The number of halogens is 2. The Labute approximate surface area is 276 Å². The third kappa shape index (κ3) is 5.94. The smallest absolute Gasteiger partial charge is 0.254 e. The van der Waals surface area contributed by atoms with Gasteiger partial charge < -0.3 is 28.7 Å². The molecule has 3 aliphatic heterocycles. The van der Waals surface area contributed by atoms with Crippen LogP contribution in [0.2, 0.25) is 10.0 Å². The molecule has 0 aliphatic carbocycles. The van der Waals surface area contributed by atoms with Gasteiger partial charge in [-0.25, -0.2) is 0 Å². The summed E-state index contributed by atoms with van der Waals surface area (Å²) < 4.78 is 36.1. The Morgan fingerprint density at radius 3 is 2.31 bits per heavy atom. The second kappa shape index (κ2) is 13.1. The van der Waals surface area contributed by atoms with Crippen LogP contribution in [0.3, 0.4) is 0 Å². The Morgan fingerprint density at radius 2 is 1.64 bits per heavy atom. The molecule has 0 unspecified atom stereocenters. The van der Waals surface area contributed by atoms with Gasteiger partial charge in [0.15, 0.2) is 11.5 Å². The second-order valence-corrected chi connectivity index (χ2v) is 14.4. The summed E-state index contributed by atoms with van der Waals surface area (Å²) >= 11 is 12.8. The van der Waals surface area contributed by atoms with Crippen molar-refractivity contribution in [2.75, 3.05) is 60.7 Å². The van der Waals surface area contributed by atoms with Crippen LogP contribution in [0.15, 0.2) is 54.6 Å². The van der Waals surface area contributed by atoms with Crippen LogP contribution in [0.25, 0.3) is 0 Å². The van der Waals surface area contributed by atoms with Crippen LogP contribution in [0.5, 0.6) is 17.2 Å². The number of amides is 1. The molecule has 1 amide bonds. The summed E-state index contributed by atoms with van der Waals surface area (Å²) in [6, 6.07) is 17.3. The highest BCUT2D eigenvalue weighted by Gasteiger charge is 2.47. The van der Waals surface area contributed by atoms with Crippen LogP contribution >= 0.6 is 23.2 Å². The van der Waals surface area contributed by atoms with Gasteiger partial charge in [0, 0.05) is 35.2 Å². The van der Waals surface area contributed by atoms with Crippen molar-refractivity contribution in [3.63, 3.8) is 0 Å². The summed E-state index contributed by atoms with van der Waals surface area (Å²) in [5, 5.41) is 0.899. The first-order valence-electron chi connectivity index (χ1n) is 15.1. The van der Waals surface area contributed by atoms with Crippen LogP contribution in [0, 0.1) is 0 Å². The normalized spacial score (nSPS) is 22.7. The SMILES string of the molecule is COc1cc(C(=O)N2CCO[C@](CCN3CCC4(CC3)c3ccccc3C[S@]4=O)(c3ccc(Cl)c(Cl)c3)C2)cc(OC)c1OC. The van der Waals surface area contributed by atoms with Crippen molar-refractivity contribution < 1.29 is 28.0 Å². The van der Waals surface area contributed by atoms with Gasteiger partial charge in [0.05, 0.1) is 49.3 Å². The van der Waals surface area contributed by atoms with E-state index in [9.17, 15) is 9.00 Å². The van der Waals surface area contributed by atoms with Gasteiger partial charge in [-0.05, 0) is 73.3 Å². The van der Waals surface area contributed by atoms with Gasteiger partial charge in [-0.1, -0.05) is 53.5 Å². The molecule has 240 valence electrons. The summed E-state index contributed by atoms with van der Waals surface area (Å²) in [6.45, 7) is 3.54. The molecule has 0 saturated carbocycles. The zero-order valence-electron chi connectivity index (χ0n) is 25.8. The fourth-order valence-electron chi connectivity index (χ4n) is 7.06.